The van der Waals surface area contributed by atoms with Crippen LogP contribution in [0, 0.1) is 6.92 Å². The Bertz CT molecular complexity index is 789. The molecule has 1 N–H and O–H groups in total. The summed E-state index contributed by atoms with van der Waals surface area (Å²) in [6, 6.07) is 16.7. The van der Waals surface area contributed by atoms with Gasteiger partial charge in [-0.25, -0.2) is 4.79 Å². The van der Waals surface area contributed by atoms with Crippen molar-refractivity contribution < 1.29 is 9.53 Å². The molecule has 1 aliphatic carbocycles. The number of nitrogens with zero attached hydrogens (tertiary/aromatic N) is 2. The third-order valence-corrected chi connectivity index (χ3v) is 5.70. The summed E-state index contributed by atoms with van der Waals surface area (Å²) in [6.45, 7) is 5.25. The molecule has 1 saturated carbocycles. The molecule has 0 atom stereocenters. The molecule has 2 aromatic carbocycles. The van der Waals surface area contributed by atoms with Crippen molar-refractivity contribution in [2.45, 2.75) is 25.3 Å². The lowest BCUT2D eigenvalue weighted by Gasteiger charge is -2.37. The number of piperazine rings is 1. The molecule has 1 saturated heterocycles. The summed E-state index contributed by atoms with van der Waals surface area (Å²) < 4.78 is 5.22. The third-order valence-electron chi connectivity index (χ3n) is 5.70. The van der Waals surface area contributed by atoms with Crippen LogP contribution in [0.1, 0.15) is 24.0 Å². The first kappa shape index (κ1) is 17.7. The van der Waals surface area contributed by atoms with Crippen LogP contribution in [0.4, 0.5) is 10.5 Å². The van der Waals surface area contributed by atoms with E-state index in [1.807, 2.05) is 17.0 Å². The maximum absolute atomic E-state index is 12.8. The summed E-state index contributed by atoms with van der Waals surface area (Å²) in [5, 5.41) is 3.29. The summed E-state index contributed by atoms with van der Waals surface area (Å²) >= 11 is 0. The van der Waals surface area contributed by atoms with Gasteiger partial charge in [-0.15, -0.1) is 0 Å². The van der Waals surface area contributed by atoms with Gasteiger partial charge in [0.1, 0.15) is 5.75 Å². The van der Waals surface area contributed by atoms with Gasteiger partial charge in [-0.2, -0.15) is 0 Å². The molecule has 5 heteroatoms. The Kier molecular flexibility index (Phi) is 4.68. The van der Waals surface area contributed by atoms with E-state index in [1.54, 1.807) is 7.11 Å². The van der Waals surface area contributed by atoms with Crippen LogP contribution in [0.3, 0.4) is 0 Å². The van der Waals surface area contributed by atoms with Crippen LogP contribution >= 0.6 is 0 Å². The molecule has 4 rings (SSSR count). The van der Waals surface area contributed by atoms with Crippen molar-refractivity contribution in [3.8, 4) is 5.75 Å². The highest BCUT2D eigenvalue weighted by Gasteiger charge is 2.46. The highest BCUT2D eigenvalue weighted by molar-refractivity contribution is 5.76. The van der Waals surface area contributed by atoms with E-state index < -0.39 is 0 Å². The molecule has 0 unspecified atom stereocenters. The lowest BCUT2D eigenvalue weighted by atomic mass is 10.0. The largest absolute Gasteiger partial charge is 0.497 e. The first-order valence-electron chi connectivity index (χ1n) is 9.63. The first-order chi connectivity index (χ1) is 13.1. The van der Waals surface area contributed by atoms with Crippen LogP contribution in [-0.2, 0) is 5.54 Å². The van der Waals surface area contributed by atoms with E-state index >= 15 is 0 Å². The fourth-order valence-electron chi connectivity index (χ4n) is 3.73. The van der Waals surface area contributed by atoms with Crippen LogP contribution in [0.15, 0.2) is 48.5 Å². The molecule has 142 valence electrons. The second kappa shape index (κ2) is 7.14. The smallest absolute Gasteiger partial charge is 0.318 e. The predicted molar refractivity (Wildman–Crippen MR) is 107 cm³/mol. The van der Waals surface area contributed by atoms with Crippen molar-refractivity contribution in [2.75, 3.05) is 38.2 Å². The van der Waals surface area contributed by atoms with Crippen LogP contribution in [0.2, 0.25) is 0 Å². The van der Waals surface area contributed by atoms with Gasteiger partial charge in [0.05, 0.1) is 12.6 Å². The molecule has 2 aliphatic rings. The van der Waals surface area contributed by atoms with Crippen molar-refractivity contribution in [3.05, 3.63) is 59.7 Å². The fourth-order valence-corrected chi connectivity index (χ4v) is 3.73. The average molecular weight is 365 g/mol. The first-order valence-corrected chi connectivity index (χ1v) is 9.63. The summed E-state index contributed by atoms with van der Waals surface area (Å²) in [7, 11) is 1.68. The minimum atomic E-state index is -0.155. The highest BCUT2D eigenvalue weighted by Crippen LogP contribution is 2.45. The van der Waals surface area contributed by atoms with E-state index in [0.717, 1.165) is 44.8 Å². The number of nitrogens with one attached hydrogen (secondary N) is 1. The summed E-state index contributed by atoms with van der Waals surface area (Å²) in [5.74, 6) is 0.864. The van der Waals surface area contributed by atoms with E-state index in [9.17, 15) is 4.79 Å². The maximum Gasteiger partial charge on any atom is 0.318 e. The van der Waals surface area contributed by atoms with Gasteiger partial charge in [0, 0.05) is 31.9 Å². The van der Waals surface area contributed by atoms with Crippen LogP contribution in [0.25, 0.3) is 0 Å². The summed E-state index contributed by atoms with van der Waals surface area (Å²) in [5.41, 5.74) is 3.49. The van der Waals surface area contributed by atoms with E-state index in [0.29, 0.717) is 0 Å². The minimum absolute atomic E-state index is 0.0578. The Morgan fingerprint density at radius 3 is 2.15 bits per heavy atom. The van der Waals surface area contributed by atoms with E-state index in [-0.39, 0.29) is 11.6 Å². The van der Waals surface area contributed by atoms with Crippen LogP contribution in [-0.4, -0.2) is 44.2 Å². The van der Waals surface area contributed by atoms with Gasteiger partial charge in [-0.05, 0) is 49.6 Å². The third kappa shape index (κ3) is 3.72. The highest BCUT2D eigenvalue weighted by atomic mass is 16.5. The molecule has 1 aliphatic heterocycles. The van der Waals surface area contributed by atoms with Gasteiger partial charge >= 0.3 is 6.03 Å². The molecule has 2 fully saturated rings. The number of benzene rings is 2. The molecule has 0 radical (unpaired) electrons. The van der Waals surface area contributed by atoms with Gasteiger partial charge in [0.15, 0.2) is 0 Å². The van der Waals surface area contributed by atoms with Crippen molar-refractivity contribution in [2.24, 2.45) is 0 Å². The number of urea groups is 1. The Balaban J connectivity index is 1.34. The number of anilines is 1. The lowest BCUT2D eigenvalue weighted by Crippen LogP contribution is -2.53. The summed E-state index contributed by atoms with van der Waals surface area (Å²) in [4.78, 5) is 17.1. The van der Waals surface area contributed by atoms with Gasteiger partial charge < -0.3 is 19.9 Å². The molecule has 0 bridgehead atoms. The summed E-state index contributed by atoms with van der Waals surface area (Å²) in [6.07, 6.45) is 2.04. The van der Waals surface area contributed by atoms with Crippen molar-refractivity contribution in [1.29, 1.82) is 0 Å². The van der Waals surface area contributed by atoms with Crippen molar-refractivity contribution in [3.63, 3.8) is 0 Å². The minimum Gasteiger partial charge on any atom is -0.497 e. The van der Waals surface area contributed by atoms with E-state index in [4.69, 9.17) is 4.74 Å². The van der Waals surface area contributed by atoms with E-state index in [1.165, 1.54) is 16.8 Å². The number of carbonyl (C=O) groups excluding carboxylic acids is 1. The van der Waals surface area contributed by atoms with Gasteiger partial charge in [0.25, 0.3) is 0 Å². The second-order valence-electron chi connectivity index (χ2n) is 7.55. The quantitative estimate of drug-likeness (QED) is 0.902. The zero-order valence-electron chi connectivity index (χ0n) is 16.1. The fraction of sp³-hybridized carbons (Fsp3) is 0.409. The molecule has 5 nitrogen and oxygen atoms in total. The molecule has 2 amide bonds. The van der Waals surface area contributed by atoms with Gasteiger partial charge in [0.2, 0.25) is 0 Å². The second-order valence-corrected chi connectivity index (χ2v) is 7.55. The number of hydrogen-bond donors (Lipinski definition) is 1. The molecular weight excluding hydrogens is 338 g/mol. The van der Waals surface area contributed by atoms with Gasteiger partial charge in [-0.3, -0.25) is 0 Å². The topological polar surface area (TPSA) is 44.8 Å². The van der Waals surface area contributed by atoms with Gasteiger partial charge in [-0.1, -0.05) is 29.8 Å². The number of aryl methyl sites for hydroxylation is 1. The Labute approximate surface area is 160 Å². The molecule has 0 aromatic heterocycles. The van der Waals surface area contributed by atoms with Crippen molar-refractivity contribution in [1.82, 2.24) is 10.2 Å². The maximum atomic E-state index is 12.8. The number of carbonyl (C=O) groups is 1. The molecule has 1 heterocycles. The standard InChI is InChI=1S/C22H27N3O2/c1-17-3-5-18(6-4-17)22(11-12-22)23-21(26)25-15-13-24(14-16-25)19-7-9-20(27-2)10-8-19/h3-10H,11-16H2,1-2H3,(H,23,26). The van der Waals surface area contributed by atoms with Crippen LogP contribution < -0.4 is 15.0 Å². The Hall–Kier alpha value is -2.69. The molecule has 27 heavy (non-hydrogen) atoms. The number of rotatable bonds is 4. The van der Waals surface area contributed by atoms with E-state index in [2.05, 4.69) is 53.5 Å². The van der Waals surface area contributed by atoms with Crippen LogP contribution in [0.5, 0.6) is 5.75 Å². The Morgan fingerprint density at radius 1 is 0.963 bits per heavy atom. The molecule has 2 aromatic rings. The number of methoxy groups -OCH3 is 1. The Morgan fingerprint density at radius 2 is 1.59 bits per heavy atom. The molecular formula is C22H27N3O2. The zero-order chi connectivity index (χ0) is 18.9. The van der Waals surface area contributed by atoms with Crippen molar-refractivity contribution >= 4 is 11.7 Å². The number of ether oxygens (including phenoxy) is 1. The predicted octanol–water partition coefficient (Wildman–Crippen LogP) is 3.52. The number of amides is 2. The molecule has 0 spiro atoms. The zero-order valence-corrected chi connectivity index (χ0v) is 16.1. The lowest BCUT2D eigenvalue weighted by molar-refractivity contribution is 0.189. The monoisotopic (exact) mass is 365 g/mol. The average Bonchev–Trinajstić information content (AvgIpc) is 3.49. The SMILES string of the molecule is COc1ccc(N2CCN(C(=O)NC3(c4ccc(C)cc4)CC3)CC2)cc1. The number of hydrogen-bond acceptors (Lipinski definition) is 3. The normalized spacial score (nSPS) is 18.1.